The SMILES string of the molecule is O=C(Nc1cccc2ncccc12)C(Cl)c1ccccc1. The summed E-state index contributed by atoms with van der Waals surface area (Å²) in [5, 5.41) is 3.04. The first-order valence-electron chi connectivity index (χ1n) is 6.59. The van der Waals surface area contributed by atoms with Crippen LogP contribution < -0.4 is 5.32 Å². The molecular formula is C17H13ClN2O. The number of pyridine rings is 1. The van der Waals surface area contributed by atoms with Crippen LogP contribution in [0.25, 0.3) is 10.9 Å². The van der Waals surface area contributed by atoms with Gasteiger partial charge in [-0.1, -0.05) is 36.4 Å². The average molecular weight is 297 g/mol. The van der Waals surface area contributed by atoms with Crippen molar-refractivity contribution in [3.8, 4) is 0 Å². The van der Waals surface area contributed by atoms with Gasteiger partial charge < -0.3 is 5.32 Å². The number of rotatable bonds is 3. The number of amides is 1. The summed E-state index contributed by atoms with van der Waals surface area (Å²) >= 11 is 6.23. The lowest BCUT2D eigenvalue weighted by molar-refractivity contribution is -0.115. The van der Waals surface area contributed by atoms with Crippen molar-refractivity contribution in [2.45, 2.75) is 5.38 Å². The summed E-state index contributed by atoms with van der Waals surface area (Å²) in [7, 11) is 0. The molecular weight excluding hydrogens is 284 g/mol. The Morgan fingerprint density at radius 1 is 1.00 bits per heavy atom. The summed E-state index contributed by atoms with van der Waals surface area (Å²) in [5.74, 6) is -0.251. The van der Waals surface area contributed by atoms with Crippen LogP contribution in [0.15, 0.2) is 66.9 Å². The normalized spacial score (nSPS) is 12.0. The van der Waals surface area contributed by atoms with E-state index in [0.717, 1.165) is 16.5 Å². The molecule has 1 atom stereocenters. The molecule has 0 aliphatic heterocycles. The van der Waals surface area contributed by atoms with Crippen molar-refractivity contribution in [1.29, 1.82) is 0 Å². The molecule has 0 aliphatic carbocycles. The first-order chi connectivity index (χ1) is 10.3. The van der Waals surface area contributed by atoms with Gasteiger partial charge in [0.15, 0.2) is 0 Å². The van der Waals surface area contributed by atoms with Gasteiger partial charge in [0, 0.05) is 11.6 Å². The highest BCUT2D eigenvalue weighted by atomic mass is 35.5. The number of fused-ring (bicyclic) bond motifs is 1. The Morgan fingerprint density at radius 2 is 1.81 bits per heavy atom. The predicted molar refractivity (Wildman–Crippen MR) is 85.4 cm³/mol. The Labute approximate surface area is 127 Å². The van der Waals surface area contributed by atoms with E-state index < -0.39 is 5.38 Å². The number of alkyl halides is 1. The number of hydrogen-bond acceptors (Lipinski definition) is 2. The summed E-state index contributed by atoms with van der Waals surface area (Å²) in [6, 6.07) is 18.6. The van der Waals surface area contributed by atoms with Gasteiger partial charge in [-0.15, -0.1) is 11.6 Å². The third kappa shape index (κ3) is 2.88. The van der Waals surface area contributed by atoms with Crippen molar-refractivity contribution in [2.75, 3.05) is 5.32 Å². The molecule has 2 aromatic carbocycles. The van der Waals surface area contributed by atoms with E-state index >= 15 is 0 Å². The van der Waals surface area contributed by atoms with E-state index in [9.17, 15) is 4.79 Å². The first kappa shape index (κ1) is 13.6. The van der Waals surface area contributed by atoms with Gasteiger partial charge in [0.1, 0.15) is 5.38 Å². The van der Waals surface area contributed by atoms with E-state index in [-0.39, 0.29) is 5.91 Å². The van der Waals surface area contributed by atoms with Gasteiger partial charge in [-0.25, -0.2) is 0 Å². The summed E-state index contributed by atoms with van der Waals surface area (Å²) in [5.41, 5.74) is 2.32. The molecule has 1 amide bonds. The quantitative estimate of drug-likeness (QED) is 0.738. The lowest BCUT2D eigenvalue weighted by Gasteiger charge is -2.12. The molecule has 0 saturated carbocycles. The molecule has 3 nitrogen and oxygen atoms in total. The van der Waals surface area contributed by atoms with Gasteiger partial charge in [-0.3, -0.25) is 9.78 Å². The maximum Gasteiger partial charge on any atom is 0.246 e. The molecule has 0 fully saturated rings. The van der Waals surface area contributed by atoms with E-state index in [2.05, 4.69) is 10.3 Å². The van der Waals surface area contributed by atoms with Gasteiger partial charge >= 0.3 is 0 Å². The number of benzene rings is 2. The molecule has 3 rings (SSSR count). The van der Waals surface area contributed by atoms with E-state index in [1.54, 1.807) is 6.20 Å². The van der Waals surface area contributed by atoms with Gasteiger partial charge in [-0.05, 0) is 29.8 Å². The van der Waals surface area contributed by atoms with Gasteiger partial charge in [-0.2, -0.15) is 0 Å². The number of nitrogens with one attached hydrogen (secondary N) is 1. The van der Waals surface area contributed by atoms with E-state index in [1.807, 2.05) is 60.7 Å². The third-order valence-corrected chi connectivity index (χ3v) is 3.68. The molecule has 1 N–H and O–H groups in total. The molecule has 3 aromatic rings. The molecule has 1 heterocycles. The zero-order valence-corrected chi connectivity index (χ0v) is 11.9. The molecule has 104 valence electrons. The van der Waals surface area contributed by atoms with Gasteiger partial charge in [0.25, 0.3) is 0 Å². The van der Waals surface area contributed by atoms with Crippen LogP contribution in [0.4, 0.5) is 5.69 Å². The topological polar surface area (TPSA) is 42.0 Å². The lowest BCUT2D eigenvalue weighted by atomic mass is 10.1. The second-order valence-corrected chi connectivity index (χ2v) is 5.07. The summed E-state index contributed by atoms with van der Waals surface area (Å²) in [6.45, 7) is 0. The fourth-order valence-electron chi connectivity index (χ4n) is 2.18. The van der Waals surface area contributed by atoms with Crippen molar-refractivity contribution in [1.82, 2.24) is 4.98 Å². The molecule has 0 bridgehead atoms. The number of halogens is 1. The van der Waals surface area contributed by atoms with Crippen LogP contribution in [0.1, 0.15) is 10.9 Å². The van der Waals surface area contributed by atoms with E-state index in [4.69, 9.17) is 11.6 Å². The number of carbonyl (C=O) groups excluding carboxylic acids is 1. The van der Waals surface area contributed by atoms with Crippen LogP contribution in [0.5, 0.6) is 0 Å². The summed E-state index contributed by atoms with van der Waals surface area (Å²) in [4.78, 5) is 16.6. The minimum Gasteiger partial charge on any atom is -0.324 e. The maximum atomic E-state index is 12.3. The molecule has 0 saturated heterocycles. The Bertz CT molecular complexity index is 769. The van der Waals surface area contributed by atoms with Crippen molar-refractivity contribution < 1.29 is 4.79 Å². The minimum absolute atomic E-state index is 0.251. The molecule has 0 aliphatic rings. The average Bonchev–Trinajstić information content (AvgIpc) is 2.55. The number of hydrogen-bond donors (Lipinski definition) is 1. The zero-order chi connectivity index (χ0) is 14.7. The number of anilines is 1. The second-order valence-electron chi connectivity index (χ2n) is 4.64. The number of nitrogens with zero attached hydrogens (tertiary/aromatic N) is 1. The summed E-state index contributed by atoms with van der Waals surface area (Å²) in [6.07, 6.45) is 1.72. The van der Waals surface area contributed by atoms with Crippen LogP contribution in [0, 0.1) is 0 Å². The fourth-order valence-corrected chi connectivity index (χ4v) is 2.38. The van der Waals surface area contributed by atoms with Gasteiger partial charge in [0.2, 0.25) is 5.91 Å². The third-order valence-electron chi connectivity index (χ3n) is 3.23. The number of aromatic nitrogens is 1. The van der Waals surface area contributed by atoms with Crippen LogP contribution in [0.2, 0.25) is 0 Å². The molecule has 4 heteroatoms. The highest BCUT2D eigenvalue weighted by molar-refractivity contribution is 6.32. The second kappa shape index (κ2) is 5.94. The molecule has 0 spiro atoms. The van der Waals surface area contributed by atoms with Crippen molar-refractivity contribution >= 4 is 34.1 Å². The molecule has 1 aromatic heterocycles. The van der Waals surface area contributed by atoms with Crippen molar-refractivity contribution in [2.24, 2.45) is 0 Å². The van der Waals surface area contributed by atoms with Crippen LogP contribution in [-0.2, 0) is 4.79 Å². The summed E-state index contributed by atoms with van der Waals surface area (Å²) < 4.78 is 0. The van der Waals surface area contributed by atoms with Crippen molar-refractivity contribution in [3.63, 3.8) is 0 Å². The first-order valence-corrected chi connectivity index (χ1v) is 7.03. The monoisotopic (exact) mass is 296 g/mol. The Hall–Kier alpha value is -2.39. The number of carbonyl (C=O) groups is 1. The fraction of sp³-hybridized carbons (Fsp3) is 0.0588. The smallest absolute Gasteiger partial charge is 0.246 e. The standard InChI is InChI=1S/C17H13ClN2O/c18-16(12-6-2-1-3-7-12)17(21)20-15-10-4-9-14-13(15)8-5-11-19-14/h1-11,16H,(H,20,21). The van der Waals surface area contributed by atoms with Gasteiger partial charge in [0.05, 0.1) is 11.2 Å². The Morgan fingerprint density at radius 3 is 2.62 bits per heavy atom. The Kier molecular flexibility index (Phi) is 3.84. The van der Waals surface area contributed by atoms with Crippen LogP contribution in [0.3, 0.4) is 0 Å². The highest BCUT2D eigenvalue weighted by Crippen LogP contribution is 2.25. The Balaban J connectivity index is 1.87. The molecule has 21 heavy (non-hydrogen) atoms. The van der Waals surface area contributed by atoms with E-state index in [1.165, 1.54) is 0 Å². The maximum absolute atomic E-state index is 12.3. The van der Waals surface area contributed by atoms with E-state index in [0.29, 0.717) is 5.69 Å². The highest BCUT2D eigenvalue weighted by Gasteiger charge is 2.18. The zero-order valence-electron chi connectivity index (χ0n) is 11.2. The van der Waals surface area contributed by atoms with Crippen LogP contribution >= 0.6 is 11.6 Å². The lowest BCUT2D eigenvalue weighted by Crippen LogP contribution is -2.17. The van der Waals surface area contributed by atoms with Crippen LogP contribution in [-0.4, -0.2) is 10.9 Å². The van der Waals surface area contributed by atoms with Crippen molar-refractivity contribution in [3.05, 3.63) is 72.4 Å². The predicted octanol–water partition coefficient (Wildman–Crippen LogP) is 4.15. The largest absolute Gasteiger partial charge is 0.324 e. The minimum atomic E-state index is -0.724. The molecule has 0 radical (unpaired) electrons. The molecule has 1 unspecified atom stereocenters.